The minimum absolute atomic E-state index is 0.683. The second kappa shape index (κ2) is 4.97. The molecular formula is C15H14N2OS. The van der Waals surface area contributed by atoms with Crippen LogP contribution in [0.15, 0.2) is 51.8 Å². The fourth-order valence-corrected chi connectivity index (χ4v) is 2.79. The minimum Gasteiger partial charge on any atom is -0.440 e. The molecule has 2 N–H and O–H groups in total. The van der Waals surface area contributed by atoms with Gasteiger partial charge in [0.05, 0.1) is 5.75 Å². The van der Waals surface area contributed by atoms with E-state index in [1.165, 1.54) is 0 Å². The highest BCUT2D eigenvalue weighted by atomic mass is 32.2. The number of hydrogen-bond donors (Lipinski definition) is 1. The van der Waals surface area contributed by atoms with E-state index in [-0.39, 0.29) is 0 Å². The third-order valence-corrected chi connectivity index (χ3v) is 4.03. The topological polar surface area (TPSA) is 52.0 Å². The first-order chi connectivity index (χ1) is 9.24. The number of aromatic nitrogens is 1. The zero-order valence-corrected chi connectivity index (χ0v) is 11.4. The fourth-order valence-electron chi connectivity index (χ4n) is 1.90. The molecule has 0 atom stereocenters. The number of anilines is 1. The van der Waals surface area contributed by atoms with Crippen molar-refractivity contribution in [2.75, 3.05) is 5.73 Å². The van der Waals surface area contributed by atoms with Crippen LogP contribution in [0, 0.1) is 6.92 Å². The van der Waals surface area contributed by atoms with Crippen molar-refractivity contribution in [3.63, 3.8) is 0 Å². The molecule has 0 amide bonds. The number of rotatable bonds is 3. The lowest BCUT2D eigenvalue weighted by Gasteiger charge is -2.06. The summed E-state index contributed by atoms with van der Waals surface area (Å²) in [6, 6.07) is 13.8. The predicted molar refractivity (Wildman–Crippen MR) is 79.2 cm³/mol. The van der Waals surface area contributed by atoms with Gasteiger partial charge in [-0.1, -0.05) is 24.3 Å². The van der Waals surface area contributed by atoms with Crippen LogP contribution < -0.4 is 5.73 Å². The number of nitrogens with two attached hydrogens (primary N) is 1. The molecule has 0 bridgehead atoms. The molecule has 0 unspecified atom stereocenters. The first-order valence-electron chi connectivity index (χ1n) is 6.06. The summed E-state index contributed by atoms with van der Waals surface area (Å²) in [6.45, 7) is 2.01. The van der Waals surface area contributed by atoms with Crippen molar-refractivity contribution < 1.29 is 4.42 Å². The maximum absolute atomic E-state index is 6.05. The van der Waals surface area contributed by atoms with E-state index in [9.17, 15) is 0 Å². The molecule has 0 radical (unpaired) electrons. The summed E-state index contributed by atoms with van der Waals surface area (Å²) in [6.07, 6.45) is 0. The third-order valence-electron chi connectivity index (χ3n) is 2.97. The fraction of sp³-hybridized carbons (Fsp3) is 0.133. The lowest BCUT2D eigenvalue weighted by Crippen LogP contribution is -1.92. The Balaban J connectivity index is 1.80. The minimum atomic E-state index is 0.683. The summed E-state index contributed by atoms with van der Waals surface area (Å²) >= 11 is 1.65. The van der Waals surface area contributed by atoms with Gasteiger partial charge in [0.1, 0.15) is 5.52 Å². The summed E-state index contributed by atoms with van der Waals surface area (Å²) in [5, 5.41) is 0. The molecule has 1 aromatic heterocycles. The first-order valence-corrected chi connectivity index (χ1v) is 7.05. The number of fused-ring (bicyclic) bond motifs is 1. The molecule has 0 saturated carbocycles. The molecular weight excluding hydrogens is 256 g/mol. The standard InChI is InChI=1S/C15H14N2OS/c1-10-5-4-8-13(15(10)16)19-9-14-17-11-6-2-3-7-12(11)18-14/h2-8H,9,16H2,1H3. The number of nitrogens with zero attached hydrogens (tertiary/aromatic N) is 1. The van der Waals surface area contributed by atoms with Crippen LogP contribution in [0.5, 0.6) is 0 Å². The van der Waals surface area contributed by atoms with Crippen molar-refractivity contribution in [1.82, 2.24) is 4.98 Å². The maximum atomic E-state index is 6.05. The number of para-hydroxylation sites is 3. The van der Waals surface area contributed by atoms with Crippen LogP contribution in [0.2, 0.25) is 0 Å². The van der Waals surface area contributed by atoms with Gasteiger partial charge in [-0.05, 0) is 30.7 Å². The Morgan fingerprint density at radius 2 is 2.00 bits per heavy atom. The largest absolute Gasteiger partial charge is 0.440 e. The smallest absolute Gasteiger partial charge is 0.205 e. The Kier molecular flexibility index (Phi) is 3.17. The van der Waals surface area contributed by atoms with E-state index < -0.39 is 0 Å². The van der Waals surface area contributed by atoms with E-state index in [0.717, 1.165) is 33.1 Å². The molecule has 96 valence electrons. The van der Waals surface area contributed by atoms with Crippen LogP contribution in [-0.4, -0.2) is 4.98 Å². The van der Waals surface area contributed by atoms with Gasteiger partial charge in [-0.3, -0.25) is 0 Å². The molecule has 0 saturated heterocycles. The van der Waals surface area contributed by atoms with Gasteiger partial charge in [0.25, 0.3) is 0 Å². The van der Waals surface area contributed by atoms with Crippen molar-refractivity contribution >= 4 is 28.5 Å². The highest BCUT2D eigenvalue weighted by Crippen LogP contribution is 2.30. The number of nitrogen functional groups attached to an aromatic ring is 1. The number of thioether (sulfide) groups is 1. The van der Waals surface area contributed by atoms with E-state index in [1.54, 1.807) is 11.8 Å². The Hall–Kier alpha value is -1.94. The number of aryl methyl sites for hydroxylation is 1. The van der Waals surface area contributed by atoms with Crippen LogP contribution in [0.3, 0.4) is 0 Å². The van der Waals surface area contributed by atoms with E-state index in [4.69, 9.17) is 10.2 Å². The van der Waals surface area contributed by atoms with Gasteiger partial charge in [-0.2, -0.15) is 0 Å². The Morgan fingerprint density at radius 3 is 2.84 bits per heavy atom. The summed E-state index contributed by atoms with van der Waals surface area (Å²) < 4.78 is 5.69. The SMILES string of the molecule is Cc1cccc(SCc2nc3ccccc3o2)c1N. The average molecular weight is 270 g/mol. The molecule has 0 fully saturated rings. The third kappa shape index (κ3) is 2.44. The Labute approximate surface area is 115 Å². The zero-order valence-electron chi connectivity index (χ0n) is 10.6. The van der Waals surface area contributed by atoms with Crippen molar-refractivity contribution in [2.24, 2.45) is 0 Å². The number of oxazole rings is 1. The maximum Gasteiger partial charge on any atom is 0.205 e. The van der Waals surface area contributed by atoms with Crippen LogP contribution >= 0.6 is 11.8 Å². The van der Waals surface area contributed by atoms with Gasteiger partial charge in [-0.15, -0.1) is 11.8 Å². The quantitative estimate of drug-likeness (QED) is 0.577. The molecule has 3 aromatic rings. The summed E-state index contributed by atoms with van der Waals surface area (Å²) in [5.41, 5.74) is 9.71. The van der Waals surface area contributed by atoms with Crippen molar-refractivity contribution in [2.45, 2.75) is 17.6 Å². The highest BCUT2D eigenvalue weighted by molar-refractivity contribution is 7.98. The molecule has 0 aliphatic carbocycles. The van der Waals surface area contributed by atoms with Crippen molar-refractivity contribution in [3.8, 4) is 0 Å². The molecule has 19 heavy (non-hydrogen) atoms. The van der Waals surface area contributed by atoms with Gasteiger partial charge < -0.3 is 10.2 Å². The van der Waals surface area contributed by atoms with E-state index >= 15 is 0 Å². The first kappa shape index (κ1) is 12.1. The average Bonchev–Trinajstić information content (AvgIpc) is 2.83. The summed E-state index contributed by atoms with van der Waals surface area (Å²) in [4.78, 5) is 5.52. The van der Waals surface area contributed by atoms with E-state index in [0.29, 0.717) is 5.75 Å². The summed E-state index contributed by atoms with van der Waals surface area (Å²) in [7, 11) is 0. The van der Waals surface area contributed by atoms with Gasteiger partial charge in [0.15, 0.2) is 5.58 Å². The van der Waals surface area contributed by atoms with Crippen molar-refractivity contribution in [3.05, 3.63) is 53.9 Å². The highest BCUT2D eigenvalue weighted by Gasteiger charge is 2.07. The Bertz CT molecular complexity index is 688. The molecule has 0 spiro atoms. The van der Waals surface area contributed by atoms with Gasteiger partial charge >= 0.3 is 0 Å². The molecule has 2 aromatic carbocycles. The normalized spacial score (nSPS) is 11.0. The van der Waals surface area contributed by atoms with Crippen LogP contribution in [0.25, 0.3) is 11.1 Å². The van der Waals surface area contributed by atoms with Crippen molar-refractivity contribution in [1.29, 1.82) is 0 Å². The second-order valence-corrected chi connectivity index (χ2v) is 5.37. The second-order valence-electron chi connectivity index (χ2n) is 4.35. The van der Waals surface area contributed by atoms with Gasteiger partial charge in [-0.25, -0.2) is 4.98 Å². The zero-order chi connectivity index (χ0) is 13.2. The lowest BCUT2D eigenvalue weighted by atomic mass is 10.2. The molecule has 1 heterocycles. The molecule has 4 heteroatoms. The van der Waals surface area contributed by atoms with Crippen LogP contribution in [-0.2, 0) is 5.75 Å². The predicted octanol–water partition coefficient (Wildman–Crippen LogP) is 4.01. The summed E-state index contributed by atoms with van der Waals surface area (Å²) in [5.74, 6) is 1.41. The molecule has 0 aliphatic rings. The lowest BCUT2D eigenvalue weighted by molar-refractivity contribution is 0.556. The van der Waals surface area contributed by atoms with Crippen LogP contribution in [0.4, 0.5) is 5.69 Å². The number of benzene rings is 2. The molecule has 0 aliphatic heterocycles. The molecule has 3 rings (SSSR count). The molecule has 3 nitrogen and oxygen atoms in total. The van der Waals surface area contributed by atoms with Gasteiger partial charge in [0, 0.05) is 10.6 Å². The Morgan fingerprint density at radius 1 is 1.16 bits per heavy atom. The van der Waals surface area contributed by atoms with Crippen LogP contribution in [0.1, 0.15) is 11.5 Å². The van der Waals surface area contributed by atoms with E-state index in [2.05, 4.69) is 4.98 Å². The number of hydrogen-bond acceptors (Lipinski definition) is 4. The monoisotopic (exact) mass is 270 g/mol. The van der Waals surface area contributed by atoms with Gasteiger partial charge in [0.2, 0.25) is 5.89 Å². The van der Waals surface area contributed by atoms with E-state index in [1.807, 2.05) is 49.4 Å².